The average molecular weight is 433 g/mol. The number of nitrogens with zero attached hydrogens (tertiary/aromatic N) is 3. The van der Waals surface area contributed by atoms with Gasteiger partial charge in [0.15, 0.2) is 4.90 Å². The van der Waals surface area contributed by atoms with E-state index >= 15 is 0 Å². The van der Waals surface area contributed by atoms with Gasteiger partial charge in [-0.1, -0.05) is 35.9 Å². The quantitative estimate of drug-likeness (QED) is 0.613. The number of anilines is 1. The summed E-state index contributed by atoms with van der Waals surface area (Å²) in [5.41, 5.74) is 3.06. The zero-order valence-corrected chi connectivity index (χ0v) is 17.8. The smallest absolute Gasteiger partial charge is 0.268 e. The lowest BCUT2D eigenvalue weighted by molar-refractivity contribution is 0.385. The lowest BCUT2D eigenvalue weighted by Crippen LogP contribution is -2.15. The molecule has 0 spiro atoms. The van der Waals surface area contributed by atoms with E-state index in [9.17, 15) is 8.42 Å². The van der Waals surface area contributed by atoms with Gasteiger partial charge in [-0.05, 0) is 37.9 Å². The number of halogens is 1. The highest BCUT2D eigenvalue weighted by molar-refractivity contribution is 7.93. The molecule has 152 valence electrons. The summed E-state index contributed by atoms with van der Waals surface area (Å²) in [5, 5.41) is 0.0233. The summed E-state index contributed by atoms with van der Waals surface area (Å²) in [6.45, 7) is 0.835. The minimum atomic E-state index is -4.01. The fourth-order valence-electron chi connectivity index (χ4n) is 2.80. The summed E-state index contributed by atoms with van der Waals surface area (Å²) in [7, 11) is 1.34. The van der Waals surface area contributed by atoms with Crippen LogP contribution in [0.5, 0.6) is 5.88 Å². The van der Waals surface area contributed by atoms with Gasteiger partial charge in [-0.3, -0.25) is 9.71 Å². The Bertz CT molecular complexity index is 1100. The zero-order valence-electron chi connectivity index (χ0n) is 16.3. The largest absolute Gasteiger partial charge is 0.480 e. The van der Waals surface area contributed by atoms with E-state index in [1.165, 1.54) is 24.9 Å². The molecule has 1 N–H and O–H groups in total. The molecule has 2 aromatic heterocycles. The molecule has 0 atom stereocenters. The molecule has 1 aromatic carbocycles. The number of hydrogen-bond acceptors (Lipinski definition) is 6. The predicted molar refractivity (Wildman–Crippen MR) is 114 cm³/mol. The topological polar surface area (TPSA) is 84.4 Å². The fourth-order valence-corrected chi connectivity index (χ4v) is 4.47. The lowest BCUT2D eigenvalue weighted by Gasteiger charge is -2.13. The summed E-state index contributed by atoms with van der Waals surface area (Å²) in [5.74, 6) is -0.0734. The highest BCUT2D eigenvalue weighted by Gasteiger charge is 2.24. The summed E-state index contributed by atoms with van der Waals surface area (Å²) in [4.78, 5) is 10.1. The van der Waals surface area contributed by atoms with E-state index in [1.807, 2.05) is 38.4 Å². The summed E-state index contributed by atoms with van der Waals surface area (Å²) in [6, 6.07) is 12.6. The Morgan fingerprint density at radius 1 is 1.07 bits per heavy atom. The third-order valence-electron chi connectivity index (χ3n) is 4.05. The maximum Gasteiger partial charge on any atom is 0.268 e. The third-order valence-corrected chi connectivity index (χ3v) is 5.91. The summed E-state index contributed by atoms with van der Waals surface area (Å²) in [6.07, 6.45) is 2.92. The Morgan fingerprint density at radius 3 is 2.41 bits per heavy atom. The SMILES string of the molecule is COc1nccc(Cl)c1S(=O)(=O)Nc1ccnc(-c2ccc(CN(C)C)cc2)c1. The number of ether oxygens (including phenoxy) is 1. The molecule has 0 saturated carbocycles. The van der Waals surface area contributed by atoms with E-state index in [4.69, 9.17) is 16.3 Å². The van der Waals surface area contributed by atoms with Crippen LogP contribution in [0.3, 0.4) is 0 Å². The minimum Gasteiger partial charge on any atom is -0.480 e. The number of sulfonamides is 1. The van der Waals surface area contributed by atoms with Gasteiger partial charge in [0.25, 0.3) is 10.0 Å². The van der Waals surface area contributed by atoms with Crippen LogP contribution in [0.1, 0.15) is 5.56 Å². The first-order valence-corrected chi connectivity index (χ1v) is 10.6. The maximum atomic E-state index is 12.9. The van der Waals surface area contributed by atoms with E-state index < -0.39 is 10.0 Å². The van der Waals surface area contributed by atoms with Crippen molar-refractivity contribution in [1.29, 1.82) is 0 Å². The molecule has 0 bridgehead atoms. The Kier molecular flexibility index (Phi) is 6.36. The van der Waals surface area contributed by atoms with Crippen molar-refractivity contribution in [2.24, 2.45) is 0 Å². The van der Waals surface area contributed by atoms with Gasteiger partial charge in [-0.15, -0.1) is 0 Å². The van der Waals surface area contributed by atoms with Gasteiger partial charge < -0.3 is 9.64 Å². The molecular weight excluding hydrogens is 412 g/mol. The van der Waals surface area contributed by atoms with Gasteiger partial charge in [0.1, 0.15) is 0 Å². The number of benzene rings is 1. The van der Waals surface area contributed by atoms with Crippen LogP contribution in [-0.2, 0) is 16.6 Å². The Labute approximate surface area is 175 Å². The van der Waals surface area contributed by atoms with E-state index in [0.717, 1.165) is 12.1 Å². The van der Waals surface area contributed by atoms with Crippen LogP contribution in [-0.4, -0.2) is 44.5 Å². The van der Waals surface area contributed by atoms with Crippen LogP contribution < -0.4 is 9.46 Å². The molecule has 3 rings (SSSR count). The van der Waals surface area contributed by atoms with Gasteiger partial charge in [-0.2, -0.15) is 0 Å². The van der Waals surface area contributed by atoms with Gasteiger partial charge in [-0.25, -0.2) is 13.4 Å². The highest BCUT2D eigenvalue weighted by Crippen LogP contribution is 2.31. The molecule has 0 amide bonds. The highest BCUT2D eigenvalue weighted by atomic mass is 35.5. The Morgan fingerprint density at radius 2 is 1.76 bits per heavy atom. The van der Waals surface area contributed by atoms with Crippen LogP contribution in [0.4, 0.5) is 5.69 Å². The monoisotopic (exact) mass is 432 g/mol. The normalized spacial score (nSPS) is 11.5. The van der Waals surface area contributed by atoms with Crippen molar-refractivity contribution in [3.8, 4) is 17.1 Å². The molecule has 0 aliphatic heterocycles. The second-order valence-corrected chi connectivity index (χ2v) is 8.63. The number of nitrogens with one attached hydrogen (secondary N) is 1. The third kappa shape index (κ3) is 5.03. The molecule has 2 heterocycles. The van der Waals surface area contributed by atoms with Crippen LogP contribution in [0.2, 0.25) is 5.02 Å². The van der Waals surface area contributed by atoms with Crippen LogP contribution >= 0.6 is 11.6 Å². The number of rotatable bonds is 7. The Balaban J connectivity index is 1.89. The maximum absolute atomic E-state index is 12.9. The number of hydrogen-bond donors (Lipinski definition) is 1. The molecule has 0 aliphatic carbocycles. The van der Waals surface area contributed by atoms with Gasteiger partial charge >= 0.3 is 0 Å². The molecule has 0 unspecified atom stereocenters. The van der Waals surface area contributed by atoms with E-state index in [1.54, 1.807) is 18.3 Å². The summed E-state index contributed by atoms with van der Waals surface area (Å²) >= 11 is 6.08. The molecule has 29 heavy (non-hydrogen) atoms. The van der Waals surface area contributed by atoms with Crippen molar-refractivity contribution in [2.75, 3.05) is 25.9 Å². The molecule has 9 heteroatoms. The number of methoxy groups -OCH3 is 1. The molecule has 0 fully saturated rings. The fraction of sp³-hybridized carbons (Fsp3) is 0.200. The standard InChI is InChI=1S/C20H21ClN4O3S/c1-25(2)13-14-4-6-15(7-5-14)18-12-16(8-10-22-18)24-29(26,27)19-17(21)9-11-23-20(19)28-3/h4-12H,13H2,1-3H3,(H,22,24). The predicted octanol–water partition coefficient (Wildman–Crippen LogP) is 3.67. The van der Waals surface area contributed by atoms with E-state index in [2.05, 4.69) is 19.6 Å². The van der Waals surface area contributed by atoms with Crippen molar-refractivity contribution in [2.45, 2.75) is 11.4 Å². The van der Waals surface area contributed by atoms with Gasteiger partial charge in [0.05, 0.1) is 23.5 Å². The molecule has 3 aromatic rings. The second-order valence-electron chi connectivity index (χ2n) is 6.60. The first-order valence-electron chi connectivity index (χ1n) is 8.71. The van der Waals surface area contributed by atoms with E-state index in [-0.39, 0.29) is 15.8 Å². The van der Waals surface area contributed by atoms with Gasteiger partial charge in [0.2, 0.25) is 5.88 Å². The average Bonchev–Trinajstić information content (AvgIpc) is 2.67. The molecular formula is C20H21ClN4O3S. The van der Waals surface area contributed by atoms with Crippen molar-refractivity contribution < 1.29 is 13.2 Å². The first kappa shape index (κ1) is 21.0. The van der Waals surface area contributed by atoms with Crippen molar-refractivity contribution in [1.82, 2.24) is 14.9 Å². The van der Waals surface area contributed by atoms with E-state index in [0.29, 0.717) is 11.4 Å². The van der Waals surface area contributed by atoms with Crippen LogP contribution in [0, 0.1) is 0 Å². The summed E-state index contributed by atoms with van der Waals surface area (Å²) < 4.78 is 33.3. The van der Waals surface area contributed by atoms with Crippen LogP contribution in [0.15, 0.2) is 59.8 Å². The molecule has 0 radical (unpaired) electrons. The van der Waals surface area contributed by atoms with Crippen LogP contribution in [0.25, 0.3) is 11.3 Å². The van der Waals surface area contributed by atoms with Crippen molar-refractivity contribution in [3.63, 3.8) is 0 Å². The van der Waals surface area contributed by atoms with Crippen molar-refractivity contribution in [3.05, 3.63) is 65.4 Å². The molecule has 0 saturated heterocycles. The lowest BCUT2D eigenvalue weighted by atomic mass is 10.1. The number of aromatic nitrogens is 2. The second kappa shape index (κ2) is 8.77. The molecule has 7 nitrogen and oxygen atoms in total. The molecule has 0 aliphatic rings. The van der Waals surface area contributed by atoms with Crippen molar-refractivity contribution >= 4 is 27.3 Å². The zero-order chi connectivity index (χ0) is 21.0. The first-order chi connectivity index (χ1) is 13.8. The Hall–Kier alpha value is -2.68. The van der Waals surface area contributed by atoms with Gasteiger partial charge in [0, 0.05) is 24.5 Å². The number of pyridine rings is 2. The minimum absolute atomic E-state index is 0.0233.